The lowest BCUT2D eigenvalue weighted by atomic mass is 9.88. The topological polar surface area (TPSA) is 17.1 Å². The molecule has 2 atom stereocenters. The van der Waals surface area contributed by atoms with Crippen LogP contribution in [0.2, 0.25) is 0 Å². The summed E-state index contributed by atoms with van der Waals surface area (Å²) in [5, 5.41) is 0. The van der Waals surface area contributed by atoms with Crippen molar-refractivity contribution in [2.75, 3.05) is 0 Å². The molecule has 0 saturated heterocycles. The number of hydrogen-bond donors (Lipinski definition) is 0. The fraction of sp³-hybridized carbons (Fsp3) is 0.462. The summed E-state index contributed by atoms with van der Waals surface area (Å²) in [5.74, 6) is -1.50. The SMILES string of the molecule is Cc1ccc(F)c(C2CCC(=O)C2C)c1F. The largest absolute Gasteiger partial charge is 0.299 e. The quantitative estimate of drug-likeness (QED) is 0.714. The Morgan fingerprint density at radius 1 is 1.31 bits per heavy atom. The zero-order chi connectivity index (χ0) is 11.9. The molecule has 1 saturated carbocycles. The van der Waals surface area contributed by atoms with Gasteiger partial charge in [-0.2, -0.15) is 0 Å². The molecule has 0 spiro atoms. The Balaban J connectivity index is 2.48. The Kier molecular flexibility index (Phi) is 2.78. The van der Waals surface area contributed by atoms with Gasteiger partial charge in [0.1, 0.15) is 17.4 Å². The molecule has 0 aromatic heterocycles. The molecule has 0 amide bonds. The molecule has 2 rings (SSSR count). The predicted octanol–water partition coefficient (Wildman–Crippen LogP) is 3.36. The van der Waals surface area contributed by atoms with Crippen molar-refractivity contribution in [2.24, 2.45) is 5.92 Å². The van der Waals surface area contributed by atoms with Gasteiger partial charge in [0.05, 0.1) is 0 Å². The van der Waals surface area contributed by atoms with Gasteiger partial charge >= 0.3 is 0 Å². The van der Waals surface area contributed by atoms with Crippen LogP contribution in [0.3, 0.4) is 0 Å². The highest BCUT2D eigenvalue weighted by Gasteiger charge is 2.35. The Labute approximate surface area is 93.5 Å². The third-order valence-corrected chi connectivity index (χ3v) is 3.50. The highest BCUT2D eigenvalue weighted by molar-refractivity contribution is 5.84. The monoisotopic (exact) mass is 224 g/mol. The molecule has 1 nitrogen and oxygen atoms in total. The fourth-order valence-electron chi connectivity index (χ4n) is 2.41. The van der Waals surface area contributed by atoms with Gasteiger partial charge < -0.3 is 0 Å². The lowest BCUT2D eigenvalue weighted by molar-refractivity contribution is -0.120. The van der Waals surface area contributed by atoms with E-state index in [2.05, 4.69) is 0 Å². The van der Waals surface area contributed by atoms with Gasteiger partial charge in [-0.25, -0.2) is 8.78 Å². The van der Waals surface area contributed by atoms with Crippen molar-refractivity contribution in [3.63, 3.8) is 0 Å². The average Bonchev–Trinajstić information content (AvgIpc) is 2.56. The first-order chi connectivity index (χ1) is 7.52. The van der Waals surface area contributed by atoms with Crippen LogP contribution in [0.5, 0.6) is 0 Å². The van der Waals surface area contributed by atoms with E-state index in [4.69, 9.17) is 0 Å². The van der Waals surface area contributed by atoms with Crippen molar-refractivity contribution >= 4 is 5.78 Å². The maximum atomic E-state index is 13.9. The van der Waals surface area contributed by atoms with Gasteiger partial charge in [-0.05, 0) is 30.9 Å². The summed E-state index contributed by atoms with van der Waals surface area (Å²) in [6.07, 6.45) is 0.982. The van der Waals surface area contributed by atoms with Gasteiger partial charge in [-0.1, -0.05) is 13.0 Å². The lowest BCUT2D eigenvalue weighted by Crippen LogP contribution is -2.12. The van der Waals surface area contributed by atoms with Crippen molar-refractivity contribution < 1.29 is 13.6 Å². The highest BCUT2D eigenvalue weighted by atomic mass is 19.1. The molecule has 1 fully saturated rings. The third kappa shape index (κ3) is 1.64. The molecule has 0 N–H and O–H groups in total. The number of benzene rings is 1. The first kappa shape index (κ1) is 11.2. The van der Waals surface area contributed by atoms with Gasteiger partial charge in [-0.3, -0.25) is 4.79 Å². The second-order valence-electron chi connectivity index (χ2n) is 4.49. The Bertz CT molecular complexity index is 440. The summed E-state index contributed by atoms with van der Waals surface area (Å²) in [5.41, 5.74) is 0.529. The van der Waals surface area contributed by atoms with E-state index >= 15 is 0 Å². The van der Waals surface area contributed by atoms with Crippen molar-refractivity contribution in [3.8, 4) is 0 Å². The second kappa shape index (κ2) is 3.96. The summed E-state index contributed by atoms with van der Waals surface area (Å²) >= 11 is 0. The van der Waals surface area contributed by atoms with Gasteiger partial charge in [0, 0.05) is 17.9 Å². The van der Waals surface area contributed by atoms with Crippen LogP contribution in [0, 0.1) is 24.5 Å². The van der Waals surface area contributed by atoms with Crippen LogP contribution in [0.25, 0.3) is 0 Å². The zero-order valence-electron chi connectivity index (χ0n) is 9.39. The van der Waals surface area contributed by atoms with Crippen LogP contribution >= 0.6 is 0 Å². The number of carbonyl (C=O) groups excluding carboxylic acids is 1. The molecule has 86 valence electrons. The summed E-state index contributed by atoms with van der Waals surface area (Å²) in [4.78, 5) is 11.4. The van der Waals surface area contributed by atoms with E-state index in [9.17, 15) is 13.6 Å². The summed E-state index contributed by atoms with van der Waals surface area (Å²) in [7, 11) is 0. The fourth-order valence-corrected chi connectivity index (χ4v) is 2.41. The van der Waals surface area contributed by atoms with Crippen LogP contribution < -0.4 is 0 Å². The van der Waals surface area contributed by atoms with E-state index in [1.54, 1.807) is 13.8 Å². The van der Waals surface area contributed by atoms with Gasteiger partial charge in [0.15, 0.2) is 0 Å². The van der Waals surface area contributed by atoms with Crippen LogP contribution in [-0.4, -0.2) is 5.78 Å². The van der Waals surface area contributed by atoms with E-state index in [0.717, 1.165) is 0 Å². The molecule has 3 heteroatoms. The Hall–Kier alpha value is -1.25. The normalized spacial score (nSPS) is 25.1. The molecule has 0 radical (unpaired) electrons. The lowest BCUT2D eigenvalue weighted by Gasteiger charge is -2.17. The smallest absolute Gasteiger partial charge is 0.136 e. The van der Waals surface area contributed by atoms with Gasteiger partial charge in [0.2, 0.25) is 0 Å². The van der Waals surface area contributed by atoms with Gasteiger partial charge in [-0.15, -0.1) is 0 Å². The molecule has 0 bridgehead atoms. The molecule has 1 aliphatic rings. The van der Waals surface area contributed by atoms with Crippen LogP contribution in [-0.2, 0) is 4.79 Å². The maximum Gasteiger partial charge on any atom is 0.136 e. The number of Topliss-reactive ketones (excluding diaryl/α,β-unsaturated/α-hetero) is 1. The standard InChI is InChI=1S/C13H14F2O/c1-7-3-5-10(14)12(13(7)15)9-4-6-11(16)8(9)2/h3,5,8-9H,4,6H2,1-2H3. The van der Waals surface area contributed by atoms with Crippen molar-refractivity contribution in [1.82, 2.24) is 0 Å². The minimum atomic E-state index is -0.533. The number of hydrogen-bond acceptors (Lipinski definition) is 1. The van der Waals surface area contributed by atoms with E-state index in [1.165, 1.54) is 12.1 Å². The minimum Gasteiger partial charge on any atom is -0.299 e. The first-order valence-corrected chi connectivity index (χ1v) is 5.49. The van der Waals surface area contributed by atoms with E-state index in [1.807, 2.05) is 0 Å². The highest BCUT2D eigenvalue weighted by Crippen LogP contribution is 2.39. The van der Waals surface area contributed by atoms with Crippen molar-refractivity contribution in [3.05, 3.63) is 34.9 Å². The molecule has 0 aliphatic heterocycles. The third-order valence-electron chi connectivity index (χ3n) is 3.50. The van der Waals surface area contributed by atoms with Crippen LogP contribution in [0.1, 0.15) is 36.8 Å². The molecule has 1 aromatic rings. The number of carbonyl (C=O) groups is 1. The maximum absolute atomic E-state index is 13.9. The zero-order valence-corrected chi connectivity index (χ0v) is 9.39. The van der Waals surface area contributed by atoms with Crippen molar-refractivity contribution in [1.29, 1.82) is 0 Å². The average molecular weight is 224 g/mol. The second-order valence-corrected chi connectivity index (χ2v) is 4.49. The minimum absolute atomic E-state index is 0.0957. The Morgan fingerprint density at radius 2 is 2.00 bits per heavy atom. The van der Waals surface area contributed by atoms with E-state index < -0.39 is 11.6 Å². The molecular weight excluding hydrogens is 210 g/mol. The van der Waals surface area contributed by atoms with Crippen molar-refractivity contribution in [2.45, 2.75) is 32.6 Å². The summed E-state index contributed by atoms with van der Waals surface area (Å²) < 4.78 is 27.5. The van der Waals surface area contributed by atoms with Gasteiger partial charge in [0.25, 0.3) is 0 Å². The van der Waals surface area contributed by atoms with Crippen LogP contribution in [0.15, 0.2) is 12.1 Å². The molecule has 16 heavy (non-hydrogen) atoms. The molecule has 1 aromatic carbocycles. The number of halogens is 2. The first-order valence-electron chi connectivity index (χ1n) is 5.49. The van der Waals surface area contributed by atoms with E-state index in [0.29, 0.717) is 18.4 Å². The van der Waals surface area contributed by atoms with Crippen LogP contribution in [0.4, 0.5) is 8.78 Å². The molecule has 0 heterocycles. The summed E-state index contributed by atoms with van der Waals surface area (Å²) in [6, 6.07) is 2.71. The Morgan fingerprint density at radius 3 is 2.56 bits per heavy atom. The van der Waals surface area contributed by atoms with E-state index in [-0.39, 0.29) is 23.2 Å². The summed E-state index contributed by atoms with van der Waals surface area (Å²) in [6.45, 7) is 3.36. The molecule has 1 aliphatic carbocycles. The molecule has 2 unspecified atom stereocenters. The number of rotatable bonds is 1. The molecular formula is C13H14F2O. The number of aryl methyl sites for hydroxylation is 1. The predicted molar refractivity (Wildman–Crippen MR) is 57.2 cm³/mol. The number of ketones is 1.